The molecule has 5 nitrogen and oxygen atoms in total. The predicted molar refractivity (Wildman–Crippen MR) is 77.0 cm³/mol. The van der Waals surface area contributed by atoms with Gasteiger partial charge in [0.15, 0.2) is 0 Å². The smallest absolute Gasteiger partial charge is 0.273 e. The Morgan fingerprint density at radius 2 is 2.00 bits per heavy atom. The molecule has 0 unspecified atom stereocenters. The summed E-state index contributed by atoms with van der Waals surface area (Å²) in [6.07, 6.45) is 0. The molecular weight excluding hydrogens is 324 g/mol. The lowest BCUT2D eigenvalue weighted by Crippen LogP contribution is -1.94. The number of nitro groups is 1. The Kier molecular flexibility index (Phi) is 4.33. The van der Waals surface area contributed by atoms with Gasteiger partial charge in [0.2, 0.25) is 0 Å². The third-order valence-electron chi connectivity index (χ3n) is 2.59. The lowest BCUT2D eigenvalue weighted by Gasteiger charge is -2.07. The number of halogens is 1. The Morgan fingerprint density at radius 1 is 1.25 bits per heavy atom. The van der Waals surface area contributed by atoms with Crippen molar-refractivity contribution in [2.45, 2.75) is 5.33 Å². The van der Waals surface area contributed by atoms with E-state index in [4.69, 9.17) is 10.00 Å². The Labute approximate surface area is 123 Å². The fourth-order valence-corrected chi connectivity index (χ4v) is 2.12. The van der Waals surface area contributed by atoms with E-state index in [1.54, 1.807) is 30.3 Å². The molecular formula is C14H9BrN2O3. The highest BCUT2D eigenvalue weighted by Crippen LogP contribution is 2.29. The van der Waals surface area contributed by atoms with Crippen molar-refractivity contribution in [2.75, 3.05) is 0 Å². The average molecular weight is 333 g/mol. The number of rotatable bonds is 4. The van der Waals surface area contributed by atoms with E-state index in [1.165, 1.54) is 12.1 Å². The quantitative estimate of drug-likeness (QED) is 0.478. The van der Waals surface area contributed by atoms with E-state index in [0.717, 1.165) is 0 Å². The Morgan fingerprint density at radius 3 is 2.65 bits per heavy atom. The average Bonchev–Trinajstić information content (AvgIpc) is 2.47. The minimum absolute atomic E-state index is 0.0417. The van der Waals surface area contributed by atoms with Crippen LogP contribution in [0.5, 0.6) is 11.5 Å². The minimum Gasteiger partial charge on any atom is -0.457 e. The largest absolute Gasteiger partial charge is 0.457 e. The number of nitro benzene ring substituents is 1. The van der Waals surface area contributed by atoms with Crippen LogP contribution in [0.3, 0.4) is 0 Å². The van der Waals surface area contributed by atoms with Gasteiger partial charge in [-0.2, -0.15) is 5.26 Å². The van der Waals surface area contributed by atoms with Crippen molar-refractivity contribution in [2.24, 2.45) is 0 Å². The summed E-state index contributed by atoms with van der Waals surface area (Å²) in [5.74, 6) is 0.999. The summed E-state index contributed by atoms with van der Waals surface area (Å²) in [5.41, 5.74) is 1.06. The Hall–Kier alpha value is -2.39. The standard InChI is InChI=1S/C14H9BrN2O3/c15-8-11-7-13(4-5-14(11)17(18)19)20-12-3-1-2-10(6-12)9-16/h1-7H,8H2. The summed E-state index contributed by atoms with van der Waals surface area (Å²) in [6.45, 7) is 0. The second-order valence-corrected chi connectivity index (χ2v) is 4.48. The van der Waals surface area contributed by atoms with Crippen LogP contribution in [0.15, 0.2) is 42.5 Å². The summed E-state index contributed by atoms with van der Waals surface area (Å²) in [5, 5.41) is 20.0. The molecule has 6 heteroatoms. The van der Waals surface area contributed by atoms with E-state index >= 15 is 0 Å². The number of nitrogens with zero attached hydrogens (tertiary/aromatic N) is 2. The molecule has 0 fully saturated rings. The lowest BCUT2D eigenvalue weighted by molar-refractivity contribution is -0.385. The molecule has 0 N–H and O–H groups in total. The van der Waals surface area contributed by atoms with Crippen molar-refractivity contribution in [3.05, 3.63) is 63.7 Å². The summed E-state index contributed by atoms with van der Waals surface area (Å²) >= 11 is 3.22. The predicted octanol–water partition coefficient (Wildman–Crippen LogP) is 4.15. The zero-order chi connectivity index (χ0) is 14.5. The maximum atomic E-state index is 10.8. The van der Waals surface area contributed by atoms with Crippen molar-refractivity contribution in [3.63, 3.8) is 0 Å². The molecule has 100 valence electrons. The molecule has 0 aromatic heterocycles. The maximum absolute atomic E-state index is 10.8. The van der Waals surface area contributed by atoms with E-state index in [0.29, 0.717) is 28.0 Å². The molecule has 0 amide bonds. The van der Waals surface area contributed by atoms with Gasteiger partial charge in [0.25, 0.3) is 5.69 Å². The van der Waals surface area contributed by atoms with Crippen LogP contribution < -0.4 is 4.74 Å². The van der Waals surface area contributed by atoms with Gasteiger partial charge in [-0.25, -0.2) is 0 Å². The van der Waals surface area contributed by atoms with Gasteiger partial charge < -0.3 is 4.74 Å². The fraction of sp³-hybridized carbons (Fsp3) is 0.0714. The minimum atomic E-state index is -0.434. The third kappa shape index (κ3) is 3.13. The first-order chi connectivity index (χ1) is 9.63. The van der Waals surface area contributed by atoms with E-state index in [1.807, 2.05) is 6.07 Å². The molecule has 2 aromatic rings. The molecule has 0 aliphatic carbocycles. The molecule has 0 aliphatic heterocycles. The molecule has 0 bridgehead atoms. The Balaban J connectivity index is 2.30. The molecule has 0 spiro atoms. The maximum Gasteiger partial charge on any atom is 0.273 e. The highest BCUT2D eigenvalue weighted by molar-refractivity contribution is 9.08. The van der Waals surface area contributed by atoms with E-state index in [2.05, 4.69) is 15.9 Å². The fourth-order valence-electron chi connectivity index (χ4n) is 1.68. The highest BCUT2D eigenvalue weighted by Gasteiger charge is 2.13. The first-order valence-corrected chi connectivity index (χ1v) is 6.77. The van der Waals surface area contributed by atoms with E-state index in [-0.39, 0.29) is 5.69 Å². The molecule has 0 radical (unpaired) electrons. The van der Waals surface area contributed by atoms with Gasteiger partial charge in [0, 0.05) is 17.0 Å². The number of benzene rings is 2. The van der Waals surface area contributed by atoms with Crippen LogP contribution in [0, 0.1) is 21.4 Å². The number of hydrogen-bond donors (Lipinski definition) is 0. The van der Waals surface area contributed by atoms with E-state index in [9.17, 15) is 10.1 Å². The van der Waals surface area contributed by atoms with Gasteiger partial charge in [0.05, 0.1) is 16.6 Å². The number of hydrogen-bond acceptors (Lipinski definition) is 4. The van der Waals surface area contributed by atoms with Crippen LogP contribution in [0.4, 0.5) is 5.69 Å². The van der Waals surface area contributed by atoms with Crippen LogP contribution in [-0.2, 0) is 5.33 Å². The van der Waals surface area contributed by atoms with Gasteiger partial charge in [-0.05, 0) is 30.3 Å². The summed E-state index contributed by atoms with van der Waals surface area (Å²) in [7, 11) is 0. The zero-order valence-electron chi connectivity index (χ0n) is 10.2. The Bertz CT molecular complexity index is 695. The molecule has 0 saturated carbocycles. The van der Waals surface area contributed by atoms with Crippen molar-refractivity contribution in [1.82, 2.24) is 0 Å². The topological polar surface area (TPSA) is 76.2 Å². The molecule has 2 aromatic carbocycles. The molecule has 0 atom stereocenters. The second-order valence-electron chi connectivity index (χ2n) is 3.92. The van der Waals surface area contributed by atoms with E-state index < -0.39 is 4.92 Å². The van der Waals surface area contributed by atoms with Crippen molar-refractivity contribution >= 4 is 21.6 Å². The van der Waals surface area contributed by atoms with Crippen LogP contribution in [0.1, 0.15) is 11.1 Å². The van der Waals surface area contributed by atoms with Gasteiger partial charge in [-0.1, -0.05) is 22.0 Å². The first-order valence-electron chi connectivity index (χ1n) is 5.65. The third-order valence-corrected chi connectivity index (χ3v) is 3.19. The number of alkyl halides is 1. The highest BCUT2D eigenvalue weighted by atomic mass is 79.9. The molecule has 2 rings (SSSR count). The van der Waals surface area contributed by atoms with Gasteiger partial charge >= 0.3 is 0 Å². The first kappa shape index (κ1) is 14.0. The van der Waals surface area contributed by atoms with Crippen LogP contribution >= 0.6 is 15.9 Å². The monoisotopic (exact) mass is 332 g/mol. The number of ether oxygens (including phenoxy) is 1. The molecule has 0 saturated heterocycles. The second kappa shape index (κ2) is 6.17. The van der Waals surface area contributed by atoms with Crippen molar-refractivity contribution in [3.8, 4) is 17.6 Å². The summed E-state index contributed by atoms with van der Waals surface area (Å²) < 4.78 is 5.60. The van der Waals surface area contributed by atoms with Crippen molar-refractivity contribution in [1.29, 1.82) is 5.26 Å². The zero-order valence-corrected chi connectivity index (χ0v) is 11.8. The van der Waals surface area contributed by atoms with Gasteiger partial charge in [-0.15, -0.1) is 0 Å². The molecule has 20 heavy (non-hydrogen) atoms. The molecule has 0 heterocycles. The van der Waals surface area contributed by atoms with Gasteiger partial charge in [0.1, 0.15) is 11.5 Å². The summed E-state index contributed by atoms with van der Waals surface area (Å²) in [6, 6.07) is 13.3. The van der Waals surface area contributed by atoms with Crippen molar-refractivity contribution < 1.29 is 9.66 Å². The normalized spacial score (nSPS) is 9.80. The lowest BCUT2D eigenvalue weighted by atomic mass is 10.2. The number of nitriles is 1. The summed E-state index contributed by atoms with van der Waals surface area (Å²) in [4.78, 5) is 10.4. The van der Waals surface area contributed by atoms with Crippen LogP contribution in [0.2, 0.25) is 0 Å². The van der Waals surface area contributed by atoms with Gasteiger partial charge in [-0.3, -0.25) is 10.1 Å². The SMILES string of the molecule is N#Cc1cccc(Oc2ccc([N+](=O)[O-])c(CBr)c2)c1. The van der Waals surface area contributed by atoms with Crippen LogP contribution in [-0.4, -0.2) is 4.92 Å². The van der Waals surface area contributed by atoms with Crippen LogP contribution in [0.25, 0.3) is 0 Å². The molecule has 0 aliphatic rings.